The third-order valence-corrected chi connectivity index (χ3v) is 6.09. The van der Waals surface area contributed by atoms with Crippen LogP contribution in [0.5, 0.6) is 0 Å². The van der Waals surface area contributed by atoms with Gasteiger partial charge in [-0.1, -0.05) is 0 Å². The number of carbonyl (C=O) groups excluding carboxylic acids is 1. The second-order valence-electron chi connectivity index (χ2n) is 6.74. The van der Waals surface area contributed by atoms with Crippen LogP contribution in [0.3, 0.4) is 0 Å². The fourth-order valence-corrected chi connectivity index (χ4v) is 4.37. The number of halogens is 1. The van der Waals surface area contributed by atoms with E-state index in [9.17, 15) is 9.18 Å². The highest BCUT2D eigenvalue weighted by Crippen LogP contribution is 2.33. The van der Waals surface area contributed by atoms with E-state index in [1.165, 1.54) is 29.9 Å². The molecule has 28 heavy (non-hydrogen) atoms. The average molecular weight is 401 g/mol. The van der Waals surface area contributed by atoms with Gasteiger partial charge in [-0.2, -0.15) is 0 Å². The summed E-state index contributed by atoms with van der Waals surface area (Å²) in [6, 6.07) is 5.96. The van der Waals surface area contributed by atoms with Gasteiger partial charge < -0.3 is 14.5 Å². The predicted molar refractivity (Wildman–Crippen MR) is 103 cm³/mol. The van der Waals surface area contributed by atoms with E-state index < -0.39 is 0 Å². The monoisotopic (exact) mass is 401 g/mol. The number of carbonyl (C=O) groups is 1. The number of hydrogen-bond donors (Lipinski definition) is 1. The Morgan fingerprint density at radius 2 is 2.14 bits per heavy atom. The van der Waals surface area contributed by atoms with Gasteiger partial charge in [0, 0.05) is 12.2 Å². The molecule has 1 amide bonds. The first-order valence-corrected chi connectivity index (χ1v) is 9.93. The molecule has 146 valence electrons. The maximum Gasteiger partial charge on any atom is 0.274 e. The first-order chi connectivity index (χ1) is 13.5. The number of nitrogens with one attached hydrogen (secondary N) is 1. The van der Waals surface area contributed by atoms with Gasteiger partial charge >= 0.3 is 0 Å². The first kappa shape index (κ1) is 18.8. The number of hydrogen-bond acceptors (Lipinski definition) is 6. The molecule has 0 spiro atoms. The van der Waals surface area contributed by atoms with E-state index in [0.29, 0.717) is 12.4 Å². The molecule has 3 heterocycles. The summed E-state index contributed by atoms with van der Waals surface area (Å²) in [6.45, 7) is 4.46. The number of oxazole rings is 1. The van der Waals surface area contributed by atoms with Gasteiger partial charge in [-0.05, 0) is 51.0 Å². The number of amides is 1. The van der Waals surface area contributed by atoms with Crippen molar-refractivity contribution in [3.63, 3.8) is 0 Å². The third-order valence-electron chi connectivity index (χ3n) is 4.70. The molecular weight excluding hydrogens is 381 g/mol. The minimum Gasteiger partial charge on any atom is -0.445 e. The number of aryl methyl sites for hydroxylation is 1. The fourth-order valence-electron chi connectivity index (χ4n) is 3.30. The zero-order valence-electron chi connectivity index (χ0n) is 15.6. The van der Waals surface area contributed by atoms with Crippen LogP contribution in [0.15, 0.2) is 35.1 Å². The van der Waals surface area contributed by atoms with E-state index in [1.807, 2.05) is 13.8 Å². The van der Waals surface area contributed by atoms with Crippen LogP contribution in [0.4, 0.5) is 4.39 Å². The molecule has 3 aromatic rings. The number of rotatable bonds is 5. The Labute approximate surface area is 165 Å². The Kier molecular flexibility index (Phi) is 5.23. The van der Waals surface area contributed by atoms with Gasteiger partial charge in [-0.15, -0.1) is 11.3 Å². The van der Waals surface area contributed by atoms with Crippen LogP contribution in [-0.4, -0.2) is 22.5 Å². The molecule has 8 heteroatoms. The number of aromatic nitrogens is 2. The summed E-state index contributed by atoms with van der Waals surface area (Å²) in [5.41, 5.74) is 1.94. The molecule has 0 bridgehead atoms. The second kappa shape index (κ2) is 7.81. The highest BCUT2D eigenvalue weighted by molar-refractivity contribution is 7.15. The van der Waals surface area contributed by atoms with E-state index in [-0.39, 0.29) is 29.6 Å². The van der Waals surface area contributed by atoms with Gasteiger partial charge in [0.25, 0.3) is 5.91 Å². The maximum absolute atomic E-state index is 13.2. The summed E-state index contributed by atoms with van der Waals surface area (Å²) in [6.07, 6.45) is 2.82. The van der Waals surface area contributed by atoms with E-state index in [4.69, 9.17) is 9.15 Å². The van der Waals surface area contributed by atoms with Crippen molar-refractivity contribution in [3.05, 3.63) is 58.5 Å². The number of nitrogens with zero attached hydrogens (tertiary/aromatic N) is 2. The van der Waals surface area contributed by atoms with Crippen LogP contribution in [0, 0.1) is 12.7 Å². The van der Waals surface area contributed by atoms with Crippen LogP contribution in [-0.2, 0) is 4.74 Å². The van der Waals surface area contributed by atoms with Gasteiger partial charge in [-0.3, -0.25) is 4.79 Å². The Morgan fingerprint density at radius 1 is 1.36 bits per heavy atom. The van der Waals surface area contributed by atoms with Crippen molar-refractivity contribution in [2.24, 2.45) is 0 Å². The maximum atomic E-state index is 13.2. The lowest BCUT2D eigenvalue weighted by molar-refractivity contribution is 0.0854. The van der Waals surface area contributed by atoms with Gasteiger partial charge in [0.05, 0.1) is 16.6 Å². The summed E-state index contributed by atoms with van der Waals surface area (Å²) in [5.74, 6) is -0.106. The van der Waals surface area contributed by atoms with Crippen molar-refractivity contribution in [1.29, 1.82) is 0 Å². The summed E-state index contributed by atoms with van der Waals surface area (Å²) in [4.78, 5) is 22.3. The molecule has 1 N–H and O–H groups in total. The zero-order chi connectivity index (χ0) is 19.7. The predicted octanol–water partition coefficient (Wildman–Crippen LogP) is 4.59. The molecule has 2 aromatic heterocycles. The first-order valence-electron chi connectivity index (χ1n) is 9.12. The minimum atomic E-state index is -0.303. The van der Waals surface area contributed by atoms with Crippen molar-refractivity contribution in [2.75, 3.05) is 6.61 Å². The summed E-state index contributed by atoms with van der Waals surface area (Å²) >= 11 is 1.48. The van der Waals surface area contributed by atoms with Crippen molar-refractivity contribution in [2.45, 2.75) is 38.8 Å². The number of ether oxygens (including phenoxy) is 1. The molecule has 0 aliphatic carbocycles. The third kappa shape index (κ3) is 3.70. The van der Waals surface area contributed by atoms with Crippen LogP contribution < -0.4 is 5.32 Å². The number of benzene rings is 1. The van der Waals surface area contributed by atoms with E-state index in [1.54, 1.807) is 12.1 Å². The summed E-state index contributed by atoms with van der Waals surface area (Å²) < 4.78 is 24.2. The summed E-state index contributed by atoms with van der Waals surface area (Å²) in [7, 11) is 0. The molecule has 0 saturated carbocycles. The molecule has 1 aromatic carbocycles. The standard InChI is InChI=1S/C20H20FN3O3S/c1-11(18-12(2)24-20(28-18)13-5-7-14(21)8-6-13)23-19(25)16-17(27-10-22-16)15-4-3-9-26-15/h5-8,10-11,15H,3-4,9H2,1-2H3,(H,23,25)/t11-,15+/m1/s1. The van der Waals surface area contributed by atoms with Crippen LogP contribution in [0.1, 0.15) is 58.7 Å². The van der Waals surface area contributed by atoms with Crippen molar-refractivity contribution in [3.8, 4) is 10.6 Å². The quantitative estimate of drug-likeness (QED) is 0.677. The van der Waals surface area contributed by atoms with Gasteiger partial charge in [-0.25, -0.2) is 14.4 Å². The fraction of sp³-hybridized carbons (Fsp3) is 0.350. The van der Waals surface area contributed by atoms with Gasteiger partial charge in [0.15, 0.2) is 17.8 Å². The van der Waals surface area contributed by atoms with Gasteiger partial charge in [0.2, 0.25) is 0 Å². The molecular formula is C20H20FN3O3S. The van der Waals surface area contributed by atoms with Crippen molar-refractivity contribution < 1.29 is 18.3 Å². The topological polar surface area (TPSA) is 77.3 Å². The average Bonchev–Trinajstić information content (AvgIpc) is 3.42. The highest BCUT2D eigenvalue weighted by atomic mass is 32.1. The molecule has 1 aliphatic heterocycles. The molecule has 2 atom stereocenters. The molecule has 0 unspecified atom stereocenters. The number of thiazole rings is 1. The van der Waals surface area contributed by atoms with E-state index >= 15 is 0 Å². The normalized spacial score (nSPS) is 17.6. The molecule has 1 aliphatic rings. The Morgan fingerprint density at radius 3 is 2.86 bits per heavy atom. The molecule has 0 radical (unpaired) electrons. The Balaban J connectivity index is 1.51. The van der Waals surface area contributed by atoms with Crippen LogP contribution >= 0.6 is 11.3 Å². The van der Waals surface area contributed by atoms with Crippen LogP contribution in [0.25, 0.3) is 10.6 Å². The lowest BCUT2D eigenvalue weighted by Crippen LogP contribution is -2.28. The molecule has 4 rings (SSSR count). The smallest absolute Gasteiger partial charge is 0.274 e. The van der Waals surface area contributed by atoms with Crippen molar-refractivity contribution >= 4 is 17.2 Å². The minimum absolute atomic E-state index is 0.214. The van der Waals surface area contributed by atoms with E-state index in [0.717, 1.165) is 34.0 Å². The Bertz CT molecular complexity index is 977. The SMILES string of the molecule is Cc1nc(-c2ccc(F)cc2)sc1[C@@H](C)NC(=O)c1ncoc1[C@@H]1CCCO1. The van der Waals surface area contributed by atoms with Gasteiger partial charge in [0.1, 0.15) is 16.9 Å². The second-order valence-corrected chi connectivity index (χ2v) is 7.77. The van der Waals surface area contributed by atoms with E-state index in [2.05, 4.69) is 15.3 Å². The lowest BCUT2D eigenvalue weighted by atomic mass is 10.1. The van der Waals surface area contributed by atoms with Crippen LogP contribution in [0.2, 0.25) is 0 Å². The summed E-state index contributed by atoms with van der Waals surface area (Å²) in [5, 5.41) is 3.76. The molecule has 1 fully saturated rings. The molecule has 1 saturated heterocycles. The molecule has 6 nitrogen and oxygen atoms in total. The lowest BCUT2D eigenvalue weighted by Gasteiger charge is -2.13. The Hall–Kier alpha value is -2.58. The zero-order valence-corrected chi connectivity index (χ0v) is 16.4. The highest BCUT2D eigenvalue weighted by Gasteiger charge is 2.29. The largest absolute Gasteiger partial charge is 0.445 e. The van der Waals surface area contributed by atoms with Crippen molar-refractivity contribution in [1.82, 2.24) is 15.3 Å².